The standard InChI is InChI=1S/C22H28N2O3/c1-5-14(2)18-8-6-7-9-20(18)23-21(25)13-27-22(26)19-12-15(3)24(16(19)4)17-10-11-17/h6-9,12,14,17H,5,10-11,13H2,1-4H3,(H,23,25)/t14-/m1/s1. The van der Waals surface area contributed by atoms with E-state index in [9.17, 15) is 9.59 Å². The van der Waals surface area contributed by atoms with E-state index in [1.54, 1.807) is 0 Å². The monoisotopic (exact) mass is 368 g/mol. The molecule has 1 aromatic heterocycles. The molecule has 5 nitrogen and oxygen atoms in total. The Bertz CT molecular complexity index is 849. The molecule has 1 N–H and O–H groups in total. The van der Waals surface area contributed by atoms with Crippen LogP contribution in [-0.2, 0) is 9.53 Å². The van der Waals surface area contributed by atoms with Crippen molar-refractivity contribution in [2.24, 2.45) is 0 Å². The smallest absolute Gasteiger partial charge is 0.340 e. The Morgan fingerprint density at radius 3 is 2.63 bits per heavy atom. The molecule has 0 saturated heterocycles. The van der Waals surface area contributed by atoms with Gasteiger partial charge in [0.1, 0.15) is 0 Å². The van der Waals surface area contributed by atoms with E-state index in [0.717, 1.165) is 41.9 Å². The maximum absolute atomic E-state index is 12.4. The van der Waals surface area contributed by atoms with Crippen LogP contribution in [0.25, 0.3) is 0 Å². The molecular formula is C22H28N2O3. The molecule has 0 unspecified atom stereocenters. The predicted octanol–water partition coefficient (Wildman–Crippen LogP) is 4.75. The average molecular weight is 368 g/mol. The molecule has 0 spiro atoms. The predicted molar refractivity (Wildman–Crippen MR) is 106 cm³/mol. The molecule has 0 aliphatic heterocycles. The zero-order valence-electron chi connectivity index (χ0n) is 16.5. The lowest BCUT2D eigenvalue weighted by atomic mass is 9.97. The maximum atomic E-state index is 12.4. The maximum Gasteiger partial charge on any atom is 0.340 e. The van der Waals surface area contributed by atoms with Crippen LogP contribution in [0.5, 0.6) is 0 Å². The third-order valence-corrected chi connectivity index (χ3v) is 5.33. The zero-order chi connectivity index (χ0) is 19.6. The highest BCUT2D eigenvalue weighted by Gasteiger charge is 2.28. The number of rotatable bonds is 7. The van der Waals surface area contributed by atoms with E-state index in [1.165, 1.54) is 0 Å². The van der Waals surface area contributed by atoms with Gasteiger partial charge in [-0.3, -0.25) is 4.79 Å². The number of carbonyl (C=O) groups is 2. The molecule has 1 amide bonds. The van der Waals surface area contributed by atoms with E-state index in [-0.39, 0.29) is 12.5 Å². The van der Waals surface area contributed by atoms with Crippen LogP contribution in [0.1, 0.15) is 72.4 Å². The minimum absolute atomic E-state index is 0.291. The Kier molecular flexibility index (Phi) is 5.68. The summed E-state index contributed by atoms with van der Waals surface area (Å²) in [6, 6.07) is 10.1. The molecule has 0 radical (unpaired) electrons. The largest absolute Gasteiger partial charge is 0.452 e. The van der Waals surface area contributed by atoms with Crippen LogP contribution >= 0.6 is 0 Å². The second kappa shape index (κ2) is 7.99. The third kappa shape index (κ3) is 4.24. The number of para-hydroxylation sites is 1. The van der Waals surface area contributed by atoms with Gasteiger partial charge in [0, 0.05) is 23.1 Å². The molecule has 1 fully saturated rings. The van der Waals surface area contributed by atoms with Crippen molar-refractivity contribution >= 4 is 17.6 Å². The number of aromatic nitrogens is 1. The van der Waals surface area contributed by atoms with Gasteiger partial charge in [0.15, 0.2) is 6.61 Å². The van der Waals surface area contributed by atoms with Crippen molar-refractivity contribution in [2.45, 2.75) is 58.9 Å². The fourth-order valence-corrected chi connectivity index (χ4v) is 3.53. The van der Waals surface area contributed by atoms with Crippen LogP contribution in [0.4, 0.5) is 5.69 Å². The van der Waals surface area contributed by atoms with Gasteiger partial charge in [-0.05, 0) is 56.7 Å². The van der Waals surface area contributed by atoms with Crippen molar-refractivity contribution in [3.05, 3.63) is 52.8 Å². The summed E-state index contributed by atoms with van der Waals surface area (Å²) in [7, 11) is 0. The Hall–Kier alpha value is -2.56. The summed E-state index contributed by atoms with van der Waals surface area (Å²) in [5.41, 5.74) is 4.40. The number of amides is 1. The fourth-order valence-electron chi connectivity index (χ4n) is 3.53. The van der Waals surface area contributed by atoms with Crippen LogP contribution < -0.4 is 5.32 Å². The van der Waals surface area contributed by atoms with Crippen molar-refractivity contribution in [3.8, 4) is 0 Å². The van der Waals surface area contributed by atoms with Crippen molar-refractivity contribution in [2.75, 3.05) is 11.9 Å². The number of hydrogen-bond acceptors (Lipinski definition) is 3. The van der Waals surface area contributed by atoms with E-state index in [0.29, 0.717) is 17.5 Å². The number of nitrogens with zero attached hydrogens (tertiary/aromatic N) is 1. The summed E-state index contributed by atoms with van der Waals surface area (Å²) in [6.45, 7) is 7.88. The van der Waals surface area contributed by atoms with Gasteiger partial charge < -0.3 is 14.6 Å². The van der Waals surface area contributed by atoms with Crippen LogP contribution in [-0.4, -0.2) is 23.1 Å². The summed E-state index contributed by atoms with van der Waals surface area (Å²) >= 11 is 0. The number of esters is 1. The molecule has 2 aromatic rings. The minimum atomic E-state index is -0.444. The van der Waals surface area contributed by atoms with Crippen molar-refractivity contribution in [3.63, 3.8) is 0 Å². The molecule has 3 rings (SSSR count). The van der Waals surface area contributed by atoms with Crippen LogP contribution in [0.3, 0.4) is 0 Å². The summed E-state index contributed by atoms with van der Waals surface area (Å²) in [5, 5.41) is 2.87. The molecule has 0 bridgehead atoms. The van der Waals surface area contributed by atoms with Gasteiger partial charge in [-0.15, -0.1) is 0 Å². The highest BCUT2D eigenvalue weighted by molar-refractivity contribution is 5.96. The number of nitrogens with one attached hydrogen (secondary N) is 1. The number of carbonyl (C=O) groups excluding carboxylic acids is 2. The minimum Gasteiger partial charge on any atom is -0.452 e. The second-order valence-electron chi connectivity index (χ2n) is 7.41. The molecule has 27 heavy (non-hydrogen) atoms. The molecule has 1 aliphatic carbocycles. The zero-order valence-corrected chi connectivity index (χ0v) is 16.5. The first-order valence-corrected chi connectivity index (χ1v) is 9.66. The summed E-state index contributed by atoms with van der Waals surface area (Å²) in [5.74, 6) is -0.424. The van der Waals surface area contributed by atoms with Gasteiger partial charge in [-0.25, -0.2) is 4.79 Å². The van der Waals surface area contributed by atoms with Gasteiger partial charge >= 0.3 is 5.97 Å². The van der Waals surface area contributed by atoms with Crippen LogP contribution in [0.2, 0.25) is 0 Å². The van der Waals surface area contributed by atoms with Gasteiger partial charge in [-0.1, -0.05) is 32.0 Å². The van der Waals surface area contributed by atoms with Crippen molar-refractivity contribution < 1.29 is 14.3 Å². The van der Waals surface area contributed by atoms with E-state index in [1.807, 2.05) is 44.2 Å². The molecule has 1 heterocycles. The van der Waals surface area contributed by atoms with Gasteiger partial charge in [-0.2, -0.15) is 0 Å². The number of benzene rings is 1. The van der Waals surface area contributed by atoms with Gasteiger partial charge in [0.2, 0.25) is 0 Å². The molecule has 144 valence electrons. The lowest BCUT2D eigenvalue weighted by molar-refractivity contribution is -0.119. The highest BCUT2D eigenvalue weighted by atomic mass is 16.5. The Morgan fingerprint density at radius 1 is 1.26 bits per heavy atom. The first-order chi connectivity index (χ1) is 12.9. The Morgan fingerprint density at radius 2 is 1.96 bits per heavy atom. The second-order valence-corrected chi connectivity index (χ2v) is 7.41. The molecule has 5 heteroatoms. The average Bonchev–Trinajstić information content (AvgIpc) is 3.44. The van der Waals surface area contributed by atoms with Crippen molar-refractivity contribution in [1.29, 1.82) is 0 Å². The highest BCUT2D eigenvalue weighted by Crippen LogP contribution is 2.38. The molecular weight excluding hydrogens is 340 g/mol. The van der Waals surface area contributed by atoms with E-state index < -0.39 is 5.97 Å². The van der Waals surface area contributed by atoms with Gasteiger partial charge in [0.05, 0.1) is 5.56 Å². The lowest BCUT2D eigenvalue weighted by Crippen LogP contribution is -2.22. The third-order valence-electron chi connectivity index (χ3n) is 5.33. The number of ether oxygens (including phenoxy) is 1. The normalized spacial score (nSPS) is 14.7. The van der Waals surface area contributed by atoms with Crippen LogP contribution in [0.15, 0.2) is 30.3 Å². The molecule has 1 saturated carbocycles. The molecule has 1 aliphatic rings. The fraction of sp³-hybridized carbons (Fsp3) is 0.455. The molecule has 1 atom stereocenters. The summed E-state index contributed by atoms with van der Waals surface area (Å²) in [6.07, 6.45) is 3.30. The summed E-state index contributed by atoms with van der Waals surface area (Å²) < 4.78 is 7.47. The lowest BCUT2D eigenvalue weighted by Gasteiger charge is -2.15. The first kappa shape index (κ1) is 19.2. The Balaban J connectivity index is 1.62. The topological polar surface area (TPSA) is 60.3 Å². The van der Waals surface area contributed by atoms with E-state index in [4.69, 9.17) is 4.74 Å². The molecule has 1 aromatic carbocycles. The number of anilines is 1. The van der Waals surface area contributed by atoms with E-state index >= 15 is 0 Å². The number of hydrogen-bond donors (Lipinski definition) is 1. The summed E-state index contributed by atoms with van der Waals surface area (Å²) in [4.78, 5) is 24.7. The number of aryl methyl sites for hydroxylation is 1. The Labute approximate surface area is 160 Å². The quantitative estimate of drug-likeness (QED) is 0.718. The van der Waals surface area contributed by atoms with Crippen molar-refractivity contribution in [1.82, 2.24) is 4.57 Å². The van der Waals surface area contributed by atoms with Crippen LogP contribution in [0, 0.1) is 13.8 Å². The van der Waals surface area contributed by atoms with Gasteiger partial charge in [0.25, 0.3) is 5.91 Å². The van der Waals surface area contributed by atoms with E-state index in [2.05, 4.69) is 23.7 Å². The SMILES string of the molecule is CC[C@@H](C)c1ccccc1NC(=O)COC(=O)c1cc(C)n(C2CC2)c1C. The first-order valence-electron chi connectivity index (χ1n) is 9.66.